The van der Waals surface area contributed by atoms with E-state index in [2.05, 4.69) is 31.2 Å². The molecule has 0 heterocycles. The van der Waals surface area contributed by atoms with Crippen LogP contribution in [-0.2, 0) is 11.2 Å². The van der Waals surface area contributed by atoms with E-state index in [1.54, 1.807) is 0 Å². The van der Waals surface area contributed by atoms with Gasteiger partial charge in [0.1, 0.15) is 0 Å². The fourth-order valence-corrected chi connectivity index (χ4v) is 2.37. The average molecular weight is 290 g/mol. The van der Waals surface area contributed by atoms with Gasteiger partial charge in [0.25, 0.3) is 0 Å². The van der Waals surface area contributed by atoms with Gasteiger partial charge < -0.3 is 10.6 Å². The molecule has 108 valence electrons. The van der Waals surface area contributed by atoms with E-state index in [0.717, 1.165) is 19.3 Å². The number of hydrogen-bond donors (Lipinski definition) is 1. The first kappa shape index (κ1) is 15.0. The van der Waals surface area contributed by atoms with Gasteiger partial charge in [-0.1, -0.05) is 42.0 Å². The lowest BCUT2D eigenvalue weighted by Gasteiger charge is -2.22. The highest BCUT2D eigenvalue weighted by Crippen LogP contribution is 2.27. The summed E-state index contributed by atoms with van der Waals surface area (Å²) in [6.45, 7) is 2.74. The molecule has 1 saturated carbocycles. The zero-order valence-electron chi connectivity index (χ0n) is 12.0. The maximum absolute atomic E-state index is 12.3. The fourth-order valence-electron chi connectivity index (χ4n) is 2.28. The van der Waals surface area contributed by atoms with Crippen LogP contribution in [0.1, 0.15) is 36.8 Å². The Balaban J connectivity index is 1.85. The number of hydrogen-bond acceptors (Lipinski definition) is 2. The third kappa shape index (κ3) is 4.60. The van der Waals surface area contributed by atoms with Crippen LogP contribution in [0.2, 0.25) is 0 Å². The van der Waals surface area contributed by atoms with E-state index >= 15 is 0 Å². The zero-order valence-corrected chi connectivity index (χ0v) is 12.8. The Kier molecular flexibility index (Phi) is 5.12. The first-order chi connectivity index (χ1) is 9.56. The summed E-state index contributed by atoms with van der Waals surface area (Å²) < 4.78 is 0. The van der Waals surface area contributed by atoms with E-state index in [-0.39, 0.29) is 5.91 Å². The summed E-state index contributed by atoms with van der Waals surface area (Å²) in [5.41, 5.74) is 8.00. The lowest BCUT2D eigenvalue weighted by atomic mass is 10.1. The monoisotopic (exact) mass is 290 g/mol. The normalized spacial score (nSPS) is 14.1. The van der Waals surface area contributed by atoms with E-state index in [0.29, 0.717) is 30.4 Å². The molecule has 0 bridgehead atoms. The van der Waals surface area contributed by atoms with Gasteiger partial charge in [0.2, 0.25) is 5.91 Å². The van der Waals surface area contributed by atoms with Crippen molar-refractivity contribution in [3.63, 3.8) is 0 Å². The largest absolute Gasteiger partial charge is 0.393 e. The van der Waals surface area contributed by atoms with Crippen molar-refractivity contribution in [1.82, 2.24) is 4.90 Å². The number of carbonyl (C=O) groups is 1. The number of carbonyl (C=O) groups excluding carboxylic acids is 1. The van der Waals surface area contributed by atoms with E-state index < -0.39 is 0 Å². The Labute approximate surface area is 126 Å². The molecule has 2 N–H and O–H groups in total. The number of amides is 1. The number of thiocarbonyl (C=S) groups is 1. The van der Waals surface area contributed by atoms with Crippen molar-refractivity contribution >= 4 is 23.1 Å². The van der Waals surface area contributed by atoms with Gasteiger partial charge in [0.05, 0.1) is 4.99 Å². The van der Waals surface area contributed by atoms with Gasteiger partial charge in [-0.15, -0.1) is 0 Å². The molecule has 1 aromatic rings. The topological polar surface area (TPSA) is 46.3 Å². The molecule has 1 aliphatic carbocycles. The molecule has 3 nitrogen and oxygen atoms in total. The minimum absolute atomic E-state index is 0.226. The molecule has 0 aromatic heterocycles. The maximum atomic E-state index is 12.3. The Morgan fingerprint density at radius 1 is 1.30 bits per heavy atom. The van der Waals surface area contributed by atoms with E-state index in [9.17, 15) is 4.79 Å². The fraction of sp³-hybridized carbons (Fsp3) is 0.500. The highest BCUT2D eigenvalue weighted by Gasteiger charge is 2.31. The van der Waals surface area contributed by atoms with Crippen molar-refractivity contribution in [2.24, 2.45) is 5.73 Å². The molecule has 1 amide bonds. The van der Waals surface area contributed by atoms with Gasteiger partial charge in [0.15, 0.2) is 0 Å². The van der Waals surface area contributed by atoms with Crippen LogP contribution in [0, 0.1) is 6.92 Å². The molecule has 0 radical (unpaired) electrons. The van der Waals surface area contributed by atoms with E-state index in [4.69, 9.17) is 18.0 Å². The molecule has 0 saturated heterocycles. The van der Waals surface area contributed by atoms with Gasteiger partial charge in [-0.3, -0.25) is 4.79 Å². The van der Waals surface area contributed by atoms with Crippen LogP contribution in [-0.4, -0.2) is 28.4 Å². The average Bonchev–Trinajstić information content (AvgIpc) is 3.22. The highest BCUT2D eigenvalue weighted by molar-refractivity contribution is 7.80. The molecule has 1 fully saturated rings. The molecule has 2 rings (SSSR count). The van der Waals surface area contributed by atoms with Crippen LogP contribution in [0.25, 0.3) is 0 Å². The van der Waals surface area contributed by atoms with Gasteiger partial charge >= 0.3 is 0 Å². The summed E-state index contributed by atoms with van der Waals surface area (Å²) in [6, 6.07) is 8.80. The lowest BCUT2D eigenvalue weighted by Crippen LogP contribution is -2.35. The Hall–Kier alpha value is -1.42. The van der Waals surface area contributed by atoms with Crippen molar-refractivity contribution < 1.29 is 4.79 Å². The molecule has 0 spiro atoms. The summed E-state index contributed by atoms with van der Waals surface area (Å²) in [5, 5.41) is 0. The highest BCUT2D eigenvalue weighted by atomic mass is 32.1. The van der Waals surface area contributed by atoms with Crippen LogP contribution in [0.3, 0.4) is 0 Å². The molecule has 4 heteroatoms. The molecule has 0 atom stereocenters. The van der Waals surface area contributed by atoms with Crippen molar-refractivity contribution in [1.29, 1.82) is 0 Å². The second-order valence-electron chi connectivity index (χ2n) is 5.52. The Bertz CT molecular complexity index is 480. The third-order valence-corrected chi connectivity index (χ3v) is 3.86. The molecule has 0 aliphatic heterocycles. The maximum Gasteiger partial charge on any atom is 0.223 e. The molecule has 1 aliphatic rings. The van der Waals surface area contributed by atoms with Gasteiger partial charge in [-0.2, -0.15) is 0 Å². The van der Waals surface area contributed by atoms with Crippen LogP contribution in [0.15, 0.2) is 24.3 Å². The van der Waals surface area contributed by atoms with Crippen LogP contribution in [0.5, 0.6) is 0 Å². The van der Waals surface area contributed by atoms with Crippen molar-refractivity contribution in [2.75, 3.05) is 6.54 Å². The second-order valence-corrected chi connectivity index (χ2v) is 6.04. The second kappa shape index (κ2) is 6.84. The minimum atomic E-state index is 0.226. The molecule has 20 heavy (non-hydrogen) atoms. The molecular weight excluding hydrogens is 268 g/mol. The van der Waals surface area contributed by atoms with Gasteiger partial charge in [-0.25, -0.2) is 0 Å². The van der Waals surface area contributed by atoms with Crippen molar-refractivity contribution in [3.05, 3.63) is 35.4 Å². The number of benzene rings is 1. The smallest absolute Gasteiger partial charge is 0.223 e. The van der Waals surface area contributed by atoms with Crippen molar-refractivity contribution in [3.8, 4) is 0 Å². The number of rotatable bonds is 7. The van der Waals surface area contributed by atoms with Crippen LogP contribution >= 0.6 is 12.2 Å². The molecule has 0 unspecified atom stereocenters. The lowest BCUT2D eigenvalue weighted by molar-refractivity contribution is -0.131. The Morgan fingerprint density at radius 2 is 1.95 bits per heavy atom. The molecule has 1 aromatic carbocycles. The summed E-state index contributed by atoms with van der Waals surface area (Å²) in [6.07, 6.45) is 4.23. The van der Waals surface area contributed by atoms with Gasteiger partial charge in [0, 0.05) is 25.4 Å². The number of aryl methyl sites for hydroxylation is 2. The zero-order chi connectivity index (χ0) is 14.5. The standard InChI is InChI=1S/C16H22N2OS/c1-12-2-4-13(5-3-12)6-9-16(19)18(14-7-8-14)11-10-15(17)20/h2-5,14H,6-11H2,1H3,(H2,17,20). The number of nitrogens with two attached hydrogens (primary N) is 1. The van der Waals surface area contributed by atoms with E-state index in [1.165, 1.54) is 11.1 Å². The summed E-state index contributed by atoms with van der Waals surface area (Å²) >= 11 is 4.90. The Morgan fingerprint density at radius 3 is 2.50 bits per heavy atom. The summed E-state index contributed by atoms with van der Waals surface area (Å²) in [7, 11) is 0. The first-order valence-electron chi connectivity index (χ1n) is 7.19. The third-order valence-electron chi connectivity index (χ3n) is 3.66. The van der Waals surface area contributed by atoms with Crippen LogP contribution in [0.4, 0.5) is 0 Å². The predicted molar refractivity (Wildman–Crippen MR) is 85.6 cm³/mol. The minimum Gasteiger partial charge on any atom is -0.393 e. The molecular formula is C16H22N2OS. The first-order valence-corrected chi connectivity index (χ1v) is 7.60. The van der Waals surface area contributed by atoms with Crippen molar-refractivity contribution in [2.45, 2.75) is 45.1 Å². The van der Waals surface area contributed by atoms with E-state index in [1.807, 2.05) is 4.90 Å². The summed E-state index contributed by atoms with van der Waals surface area (Å²) in [4.78, 5) is 14.8. The quantitative estimate of drug-likeness (QED) is 0.785. The summed E-state index contributed by atoms with van der Waals surface area (Å²) in [5.74, 6) is 0.226. The predicted octanol–water partition coefficient (Wildman–Crippen LogP) is 2.59. The van der Waals surface area contributed by atoms with Gasteiger partial charge in [-0.05, 0) is 31.7 Å². The number of nitrogens with zero attached hydrogens (tertiary/aromatic N) is 1. The van der Waals surface area contributed by atoms with Crippen LogP contribution < -0.4 is 5.73 Å². The SMILES string of the molecule is Cc1ccc(CCC(=O)N(CCC(N)=S)C2CC2)cc1.